The molecule has 19 heavy (non-hydrogen) atoms. The van der Waals surface area contributed by atoms with Gasteiger partial charge in [-0.3, -0.25) is 0 Å². The van der Waals surface area contributed by atoms with Crippen LogP contribution in [0.3, 0.4) is 0 Å². The Morgan fingerprint density at radius 1 is 1.21 bits per heavy atom. The maximum atomic E-state index is 13.6. The first-order chi connectivity index (χ1) is 8.99. The molecule has 1 unspecified atom stereocenters. The van der Waals surface area contributed by atoms with Crippen LogP contribution in [-0.4, -0.2) is 0 Å². The van der Waals surface area contributed by atoms with Crippen LogP contribution in [0.2, 0.25) is 0 Å². The zero-order chi connectivity index (χ0) is 14.0. The van der Waals surface area contributed by atoms with Crippen LogP contribution in [0.15, 0.2) is 24.3 Å². The van der Waals surface area contributed by atoms with Crippen molar-refractivity contribution in [3.8, 4) is 0 Å². The van der Waals surface area contributed by atoms with Crippen LogP contribution < -0.4 is 5.32 Å². The second-order valence-corrected chi connectivity index (χ2v) is 6.03. The van der Waals surface area contributed by atoms with E-state index in [-0.39, 0.29) is 11.6 Å². The van der Waals surface area contributed by atoms with E-state index in [1.165, 1.54) is 33.5 Å². The van der Waals surface area contributed by atoms with Gasteiger partial charge in [-0.05, 0) is 44.5 Å². The Morgan fingerprint density at radius 3 is 2.37 bits per heavy atom. The van der Waals surface area contributed by atoms with E-state index in [0.29, 0.717) is 6.54 Å². The van der Waals surface area contributed by atoms with E-state index in [1.807, 2.05) is 0 Å². The van der Waals surface area contributed by atoms with Crippen LogP contribution >= 0.6 is 11.3 Å². The minimum Gasteiger partial charge on any atom is -0.305 e. The van der Waals surface area contributed by atoms with Crippen molar-refractivity contribution in [3.05, 3.63) is 56.8 Å². The molecule has 0 aliphatic carbocycles. The summed E-state index contributed by atoms with van der Waals surface area (Å²) in [7, 11) is 0. The first kappa shape index (κ1) is 14.2. The van der Waals surface area contributed by atoms with Crippen molar-refractivity contribution in [2.45, 2.75) is 33.4 Å². The van der Waals surface area contributed by atoms with Crippen molar-refractivity contribution >= 4 is 11.3 Å². The fourth-order valence-corrected chi connectivity index (χ4v) is 3.02. The van der Waals surface area contributed by atoms with Crippen LogP contribution in [0.25, 0.3) is 0 Å². The van der Waals surface area contributed by atoms with Crippen molar-refractivity contribution in [1.29, 1.82) is 0 Å². The number of nitrogens with one attached hydrogen (secondary N) is 1. The predicted molar refractivity (Wildman–Crippen MR) is 75.4 cm³/mol. The van der Waals surface area contributed by atoms with Crippen molar-refractivity contribution in [2.75, 3.05) is 0 Å². The Balaban J connectivity index is 2.07. The quantitative estimate of drug-likeness (QED) is 0.870. The van der Waals surface area contributed by atoms with Gasteiger partial charge in [0.15, 0.2) is 0 Å². The average molecular weight is 281 g/mol. The number of hydrogen-bond donors (Lipinski definition) is 1. The zero-order valence-electron chi connectivity index (χ0n) is 11.3. The minimum atomic E-state index is -0.501. The third-order valence-corrected chi connectivity index (χ3v) is 4.38. The van der Waals surface area contributed by atoms with Crippen LogP contribution in [0.4, 0.5) is 8.78 Å². The maximum absolute atomic E-state index is 13.6. The summed E-state index contributed by atoms with van der Waals surface area (Å²) in [6.07, 6.45) is 0. The molecule has 2 aromatic rings. The van der Waals surface area contributed by atoms with Crippen LogP contribution in [0.5, 0.6) is 0 Å². The highest BCUT2D eigenvalue weighted by atomic mass is 32.1. The number of halogens is 2. The van der Waals surface area contributed by atoms with E-state index in [9.17, 15) is 8.78 Å². The molecule has 0 saturated heterocycles. The van der Waals surface area contributed by atoms with E-state index in [2.05, 4.69) is 25.2 Å². The van der Waals surface area contributed by atoms with Crippen molar-refractivity contribution in [3.63, 3.8) is 0 Å². The number of hydrogen-bond acceptors (Lipinski definition) is 2. The highest BCUT2D eigenvalue weighted by molar-refractivity contribution is 7.12. The highest BCUT2D eigenvalue weighted by Crippen LogP contribution is 2.23. The molecule has 0 amide bonds. The van der Waals surface area contributed by atoms with Gasteiger partial charge in [-0.25, -0.2) is 8.78 Å². The molecular formula is C15H17F2NS. The maximum Gasteiger partial charge on any atom is 0.130 e. The molecule has 0 aliphatic heterocycles. The van der Waals surface area contributed by atoms with Crippen molar-refractivity contribution in [2.24, 2.45) is 0 Å². The van der Waals surface area contributed by atoms with Gasteiger partial charge >= 0.3 is 0 Å². The van der Waals surface area contributed by atoms with Gasteiger partial charge in [0.05, 0.1) is 0 Å². The van der Waals surface area contributed by atoms with E-state index < -0.39 is 11.6 Å². The summed E-state index contributed by atoms with van der Waals surface area (Å²) in [5.41, 5.74) is 1.36. The summed E-state index contributed by atoms with van der Waals surface area (Å²) in [6, 6.07) is 5.71. The van der Waals surface area contributed by atoms with Gasteiger partial charge < -0.3 is 5.32 Å². The number of aryl methyl sites for hydroxylation is 2. The van der Waals surface area contributed by atoms with Gasteiger partial charge in [0, 0.05) is 27.9 Å². The van der Waals surface area contributed by atoms with Crippen LogP contribution in [0.1, 0.15) is 33.8 Å². The first-order valence-electron chi connectivity index (χ1n) is 6.22. The normalized spacial score (nSPS) is 12.7. The van der Waals surface area contributed by atoms with Gasteiger partial charge in [0.1, 0.15) is 11.6 Å². The summed E-state index contributed by atoms with van der Waals surface area (Å²) in [6.45, 7) is 6.53. The first-order valence-corrected chi connectivity index (χ1v) is 7.04. The summed E-state index contributed by atoms with van der Waals surface area (Å²) in [5.74, 6) is -1.00. The van der Waals surface area contributed by atoms with E-state index in [4.69, 9.17) is 0 Å². The molecule has 0 bridgehead atoms. The SMILES string of the molecule is Cc1cc(CNC(C)c2c(F)cccc2F)sc1C. The molecule has 4 heteroatoms. The van der Waals surface area contributed by atoms with Crippen molar-refractivity contribution in [1.82, 2.24) is 5.32 Å². The van der Waals surface area contributed by atoms with Gasteiger partial charge in [0.25, 0.3) is 0 Å². The second kappa shape index (κ2) is 5.80. The third-order valence-electron chi connectivity index (χ3n) is 3.23. The van der Waals surface area contributed by atoms with E-state index in [1.54, 1.807) is 18.3 Å². The summed E-state index contributed by atoms with van der Waals surface area (Å²) < 4.78 is 27.2. The fraction of sp³-hybridized carbons (Fsp3) is 0.333. The molecule has 1 atom stereocenters. The Labute approximate surface area is 116 Å². The topological polar surface area (TPSA) is 12.0 Å². The van der Waals surface area contributed by atoms with Crippen LogP contribution in [-0.2, 0) is 6.54 Å². The van der Waals surface area contributed by atoms with Gasteiger partial charge in [-0.15, -0.1) is 11.3 Å². The zero-order valence-corrected chi connectivity index (χ0v) is 12.1. The largest absolute Gasteiger partial charge is 0.305 e. The highest BCUT2D eigenvalue weighted by Gasteiger charge is 2.15. The predicted octanol–water partition coefficient (Wildman–Crippen LogP) is 4.49. The van der Waals surface area contributed by atoms with Crippen molar-refractivity contribution < 1.29 is 8.78 Å². The van der Waals surface area contributed by atoms with Gasteiger partial charge in [-0.2, -0.15) is 0 Å². The molecule has 102 valence electrons. The average Bonchev–Trinajstić information content (AvgIpc) is 2.66. The number of benzene rings is 1. The molecular weight excluding hydrogens is 264 g/mol. The molecule has 0 radical (unpaired) electrons. The molecule has 1 nitrogen and oxygen atoms in total. The molecule has 0 aliphatic rings. The van der Waals surface area contributed by atoms with E-state index in [0.717, 1.165) is 0 Å². The smallest absolute Gasteiger partial charge is 0.130 e. The monoisotopic (exact) mass is 281 g/mol. The summed E-state index contributed by atoms with van der Waals surface area (Å²) in [4.78, 5) is 2.46. The number of thiophene rings is 1. The molecule has 1 heterocycles. The fourth-order valence-electron chi connectivity index (χ4n) is 2.02. The Kier molecular flexibility index (Phi) is 4.32. The van der Waals surface area contributed by atoms with E-state index >= 15 is 0 Å². The molecule has 1 N–H and O–H groups in total. The van der Waals surface area contributed by atoms with Gasteiger partial charge in [-0.1, -0.05) is 6.07 Å². The Hall–Kier alpha value is -1.26. The minimum absolute atomic E-state index is 0.104. The second-order valence-electron chi connectivity index (χ2n) is 4.69. The third kappa shape index (κ3) is 3.19. The summed E-state index contributed by atoms with van der Waals surface area (Å²) >= 11 is 1.71. The lowest BCUT2D eigenvalue weighted by atomic mass is 10.1. The lowest BCUT2D eigenvalue weighted by molar-refractivity contribution is 0.489. The molecule has 0 saturated carbocycles. The molecule has 0 spiro atoms. The number of rotatable bonds is 4. The molecule has 0 fully saturated rings. The Bertz CT molecular complexity index is 538. The Morgan fingerprint density at radius 2 is 1.84 bits per heavy atom. The molecule has 2 rings (SSSR count). The molecule has 1 aromatic carbocycles. The lowest BCUT2D eigenvalue weighted by Gasteiger charge is -2.15. The van der Waals surface area contributed by atoms with Crippen LogP contribution in [0, 0.1) is 25.5 Å². The molecule has 1 aromatic heterocycles. The standard InChI is InChI=1S/C15H17F2NS/c1-9-7-12(19-11(9)3)8-18-10(2)15-13(16)5-4-6-14(15)17/h4-7,10,18H,8H2,1-3H3. The summed E-state index contributed by atoms with van der Waals surface area (Å²) in [5, 5.41) is 3.17. The van der Waals surface area contributed by atoms with Gasteiger partial charge in [0.2, 0.25) is 0 Å². The lowest BCUT2D eigenvalue weighted by Crippen LogP contribution is -2.19.